The van der Waals surface area contributed by atoms with Crippen LogP contribution in [0.2, 0.25) is 0 Å². The Morgan fingerprint density at radius 1 is 0.968 bits per heavy atom. The molecule has 4 nitrogen and oxygen atoms in total. The van der Waals surface area contributed by atoms with E-state index in [4.69, 9.17) is 4.74 Å². The highest BCUT2D eigenvalue weighted by atomic mass is 32.1. The minimum atomic E-state index is 0.00983. The number of hydrogen-bond acceptors (Lipinski definition) is 4. The van der Waals surface area contributed by atoms with Crippen LogP contribution >= 0.6 is 11.3 Å². The fourth-order valence-corrected chi connectivity index (χ4v) is 4.37. The zero-order chi connectivity index (χ0) is 22.1. The molecule has 0 bridgehead atoms. The summed E-state index contributed by atoms with van der Waals surface area (Å²) in [7, 11) is 0. The van der Waals surface area contributed by atoms with Gasteiger partial charge in [0.05, 0.1) is 4.88 Å². The van der Waals surface area contributed by atoms with E-state index in [-0.39, 0.29) is 11.9 Å². The number of carbonyl (C=O) groups excluding carboxylic acids is 1. The van der Waals surface area contributed by atoms with Crippen molar-refractivity contribution in [1.82, 2.24) is 10.2 Å². The summed E-state index contributed by atoms with van der Waals surface area (Å²) in [5.41, 5.74) is 1.08. The van der Waals surface area contributed by atoms with E-state index in [2.05, 4.69) is 31.0 Å². The summed E-state index contributed by atoms with van der Waals surface area (Å²) in [6.07, 6.45) is 2.08. The largest absolute Gasteiger partial charge is 0.457 e. The Morgan fingerprint density at radius 3 is 2.32 bits per heavy atom. The first-order valence-corrected chi connectivity index (χ1v) is 11.9. The molecule has 0 fully saturated rings. The average molecular weight is 437 g/mol. The Labute approximate surface area is 189 Å². The number of thiophene rings is 1. The van der Waals surface area contributed by atoms with Gasteiger partial charge in [0.1, 0.15) is 11.5 Å². The lowest BCUT2D eigenvalue weighted by Gasteiger charge is -2.19. The molecular formula is C26H32N2O2S. The second-order valence-corrected chi connectivity index (χ2v) is 8.73. The van der Waals surface area contributed by atoms with E-state index in [1.807, 2.05) is 66.7 Å². The zero-order valence-electron chi connectivity index (χ0n) is 18.6. The van der Waals surface area contributed by atoms with Crippen molar-refractivity contribution in [2.45, 2.75) is 39.7 Å². The van der Waals surface area contributed by atoms with Crippen LogP contribution in [0, 0.1) is 0 Å². The van der Waals surface area contributed by atoms with Gasteiger partial charge in [0.2, 0.25) is 0 Å². The Kier molecular flexibility index (Phi) is 8.68. The first-order chi connectivity index (χ1) is 15.1. The molecule has 164 valence electrons. The topological polar surface area (TPSA) is 41.6 Å². The highest BCUT2D eigenvalue weighted by Crippen LogP contribution is 2.30. The van der Waals surface area contributed by atoms with Gasteiger partial charge in [-0.15, -0.1) is 11.3 Å². The van der Waals surface area contributed by atoms with Crippen molar-refractivity contribution in [2.75, 3.05) is 19.6 Å². The van der Waals surface area contributed by atoms with Crippen LogP contribution in [-0.2, 0) is 0 Å². The van der Waals surface area contributed by atoms with Gasteiger partial charge in [0.15, 0.2) is 0 Å². The number of para-hydroxylation sites is 1. The molecule has 3 rings (SSSR count). The summed E-state index contributed by atoms with van der Waals surface area (Å²) in [5, 5.41) is 3.14. The van der Waals surface area contributed by atoms with Crippen LogP contribution in [0.15, 0.2) is 66.7 Å². The zero-order valence-corrected chi connectivity index (χ0v) is 19.5. The third-order valence-electron chi connectivity index (χ3n) is 5.33. The second kappa shape index (κ2) is 11.7. The third kappa shape index (κ3) is 6.94. The van der Waals surface area contributed by atoms with Gasteiger partial charge < -0.3 is 15.0 Å². The number of hydrogen-bond donors (Lipinski definition) is 1. The van der Waals surface area contributed by atoms with Crippen LogP contribution < -0.4 is 10.1 Å². The van der Waals surface area contributed by atoms with Gasteiger partial charge in [0, 0.05) is 10.9 Å². The number of nitrogens with zero attached hydrogens (tertiary/aromatic N) is 1. The fraction of sp³-hybridized carbons (Fsp3) is 0.346. The summed E-state index contributed by atoms with van der Waals surface area (Å²) in [6, 6.07) is 21.8. The van der Waals surface area contributed by atoms with Gasteiger partial charge in [0.25, 0.3) is 5.91 Å². The van der Waals surface area contributed by atoms with Gasteiger partial charge >= 0.3 is 0 Å². The minimum Gasteiger partial charge on any atom is -0.457 e. The highest BCUT2D eigenvalue weighted by Gasteiger charge is 2.13. The molecule has 0 saturated heterocycles. The van der Waals surface area contributed by atoms with Crippen molar-refractivity contribution in [1.29, 1.82) is 0 Å². The molecule has 31 heavy (non-hydrogen) atoms. The van der Waals surface area contributed by atoms with Crippen molar-refractivity contribution in [3.63, 3.8) is 0 Å². The maximum absolute atomic E-state index is 12.6. The van der Waals surface area contributed by atoms with Gasteiger partial charge in [-0.3, -0.25) is 4.79 Å². The fourth-order valence-electron chi connectivity index (χ4n) is 3.45. The molecule has 0 aliphatic heterocycles. The molecular weight excluding hydrogens is 404 g/mol. The predicted octanol–water partition coefficient (Wildman–Crippen LogP) is 6.45. The maximum Gasteiger partial charge on any atom is 0.261 e. The Hall–Kier alpha value is -2.63. The van der Waals surface area contributed by atoms with Crippen LogP contribution in [0.25, 0.3) is 10.4 Å². The van der Waals surface area contributed by atoms with Gasteiger partial charge in [-0.05, 0) is 93.5 Å². The summed E-state index contributed by atoms with van der Waals surface area (Å²) >= 11 is 1.52. The van der Waals surface area contributed by atoms with E-state index in [0.29, 0.717) is 0 Å². The maximum atomic E-state index is 12.6. The molecule has 0 radical (unpaired) electrons. The van der Waals surface area contributed by atoms with E-state index in [0.717, 1.165) is 59.3 Å². The standard InChI is InChI=1S/C26H32N2O2S/c1-4-28(5-2)19-9-10-20(3)27-26(29)25-18-17-24(31-25)21-13-15-23(16-14-21)30-22-11-7-6-8-12-22/h6-8,11-18,20H,4-5,9-10,19H2,1-3H3,(H,27,29)/t20-/m1/s1. The molecule has 0 aliphatic rings. The SMILES string of the molecule is CCN(CC)CCC[C@@H](C)NC(=O)c1ccc(-c2ccc(Oc3ccccc3)cc2)s1. The molecule has 1 N–H and O–H groups in total. The third-order valence-corrected chi connectivity index (χ3v) is 6.46. The van der Waals surface area contributed by atoms with E-state index in [1.54, 1.807) is 0 Å². The van der Waals surface area contributed by atoms with Crippen LogP contribution in [0.1, 0.15) is 43.3 Å². The van der Waals surface area contributed by atoms with Crippen LogP contribution in [-0.4, -0.2) is 36.5 Å². The molecule has 1 atom stereocenters. The van der Waals surface area contributed by atoms with Crippen molar-refractivity contribution in [3.05, 3.63) is 71.6 Å². The number of ether oxygens (including phenoxy) is 1. The first kappa shape index (κ1) is 23.0. The normalized spacial score (nSPS) is 12.0. The van der Waals surface area contributed by atoms with Gasteiger partial charge in [-0.2, -0.15) is 0 Å². The lowest BCUT2D eigenvalue weighted by atomic mass is 10.1. The lowest BCUT2D eigenvalue weighted by Crippen LogP contribution is -2.33. The Balaban J connectivity index is 1.52. The molecule has 0 saturated carbocycles. The smallest absolute Gasteiger partial charge is 0.261 e. The van der Waals surface area contributed by atoms with Crippen LogP contribution in [0.4, 0.5) is 0 Å². The van der Waals surface area contributed by atoms with Crippen LogP contribution in [0.3, 0.4) is 0 Å². The quantitative estimate of drug-likeness (QED) is 0.376. The summed E-state index contributed by atoms with van der Waals surface area (Å²) in [4.78, 5) is 16.9. The van der Waals surface area contributed by atoms with E-state index in [1.165, 1.54) is 11.3 Å². The summed E-state index contributed by atoms with van der Waals surface area (Å²) in [6.45, 7) is 9.70. The second-order valence-electron chi connectivity index (χ2n) is 7.65. The van der Waals surface area contributed by atoms with Gasteiger partial charge in [-0.25, -0.2) is 0 Å². The molecule has 3 aromatic rings. The predicted molar refractivity (Wildman–Crippen MR) is 130 cm³/mol. The van der Waals surface area contributed by atoms with E-state index >= 15 is 0 Å². The number of rotatable bonds is 11. The molecule has 1 heterocycles. The number of benzene rings is 2. The van der Waals surface area contributed by atoms with E-state index < -0.39 is 0 Å². The van der Waals surface area contributed by atoms with Crippen molar-refractivity contribution in [3.8, 4) is 21.9 Å². The summed E-state index contributed by atoms with van der Waals surface area (Å²) in [5.74, 6) is 1.62. The number of amides is 1. The Morgan fingerprint density at radius 2 is 1.65 bits per heavy atom. The first-order valence-electron chi connectivity index (χ1n) is 11.1. The van der Waals surface area contributed by atoms with Crippen molar-refractivity contribution >= 4 is 17.2 Å². The van der Waals surface area contributed by atoms with Crippen molar-refractivity contribution in [2.24, 2.45) is 0 Å². The molecule has 0 unspecified atom stereocenters. The molecule has 0 aliphatic carbocycles. The molecule has 1 aromatic heterocycles. The highest BCUT2D eigenvalue weighted by molar-refractivity contribution is 7.17. The summed E-state index contributed by atoms with van der Waals surface area (Å²) < 4.78 is 5.85. The Bertz CT molecular complexity index is 934. The van der Waals surface area contributed by atoms with Crippen molar-refractivity contribution < 1.29 is 9.53 Å². The van der Waals surface area contributed by atoms with E-state index in [9.17, 15) is 4.79 Å². The minimum absolute atomic E-state index is 0.00983. The molecule has 0 spiro atoms. The molecule has 1 amide bonds. The average Bonchev–Trinajstić information content (AvgIpc) is 3.28. The number of carbonyl (C=O) groups is 1. The van der Waals surface area contributed by atoms with Crippen LogP contribution in [0.5, 0.6) is 11.5 Å². The molecule has 5 heteroatoms. The molecule has 2 aromatic carbocycles. The lowest BCUT2D eigenvalue weighted by molar-refractivity contribution is 0.0941. The monoisotopic (exact) mass is 436 g/mol. The number of nitrogens with one attached hydrogen (secondary N) is 1. The van der Waals surface area contributed by atoms with Gasteiger partial charge in [-0.1, -0.05) is 32.0 Å².